The summed E-state index contributed by atoms with van der Waals surface area (Å²) in [6.45, 7) is 1.88. The Morgan fingerprint density at radius 1 is 1.21 bits per heavy atom. The molecule has 3 rings (SSSR count). The van der Waals surface area contributed by atoms with Gasteiger partial charge in [0.05, 0.1) is 36.5 Å². The van der Waals surface area contributed by atoms with Crippen LogP contribution in [0, 0.1) is 23.7 Å². The lowest BCUT2D eigenvalue weighted by atomic mass is 9.68. The number of alkyl halides is 3. The van der Waals surface area contributed by atoms with Crippen LogP contribution in [0.25, 0.3) is 0 Å². The third-order valence-electron chi connectivity index (χ3n) is 8.52. The van der Waals surface area contributed by atoms with Crippen molar-refractivity contribution in [3.8, 4) is 0 Å². The van der Waals surface area contributed by atoms with Crippen molar-refractivity contribution in [2.45, 2.75) is 101 Å². The lowest BCUT2D eigenvalue weighted by molar-refractivity contribution is -0.186. The van der Waals surface area contributed by atoms with E-state index in [1.54, 1.807) is 0 Å². The second-order valence-electron chi connectivity index (χ2n) is 10.6. The molecule has 3 aliphatic rings. The molecule has 7 N–H and O–H groups in total. The molecule has 0 aromatic carbocycles. The second kappa shape index (κ2) is 10.7. The highest BCUT2D eigenvalue weighted by atomic mass is 19.4. The van der Waals surface area contributed by atoms with E-state index in [0.29, 0.717) is 50.7 Å². The molecule has 0 aliphatic heterocycles. The summed E-state index contributed by atoms with van der Waals surface area (Å²) in [4.78, 5) is 11.3. The van der Waals surface area contributed by atoms with Crippen molar-refractivity contribution in [3.05, 3.63) is 11.3 Å². The first-order valence-corrected chi connectivity index (χ1v) is 12.4. The molecule has 0 saturated heterocycles. The van der Waals surface area contributed by atoms with Gasteiger partial charge in [0.15, 0.2) is 0 Å². The molecule has 3 aliphatic carbocycles. The van der Waals surface area contributed by atoms with Gasteiger partial charge in [0.2, 0.25) is 0 Å². The van der Waals surface area contributed by atoms with Crippen LogP contribution >= 0.6 is 0 Å². The summed E-state index contributed by atoms with van der Waals surface area (Å²) >= 11 is 0. The SMILES string of the molecule is COC1=C(C2(O)CCC(C(=O)O)CC2)CC(C(N)NC(C)C2CCCC(C(F)(F)F)C2)C(N)C1. The molecule has 0 aromatic heterocycles. The molecule has 0 aromatic rings. The van der Waals surface area contributed by atoms with Crippen LogP contribution in [-0.4, -0.2) is 53.3 Å². The maximum atomic E-state index is 13.2. The van der Waals surface area contributed by atoms with E-state index < -0.39 is 35.7 Å². The summed E-state index contributed by atoms with van der Waals surface area (Å²) in [6, 6.07) is -0.528. The van der Waals surface area contributed by atoms with Gasteiger partial charge in [-0.3, -0.25) is 10.1 Å². The first-order valence-electron chi connectivity index (χ1n) is 12.4. The Morgan fingerprint density at radius 2 is 1.85 bits per heavy atom. The van der Waals surface area contributed by atoms with Crippen molar-refractivity contribution >= 4 is 5.97 Å². The standard InChI is InChI=1S/C24H40F3N3O4/c1-13(15-4-3-5-16(10-15)24(25,26)27)30-21(29)17-11-18(20(34-2)12-19(17)28)23(33)8-6-14(7-9-23)22(31)32/h13-17,19,21,30,33H,3-12,28-29H2,1-2H3,(H,31,32). The maximum absolute atomic E-state index is 13.2. The number of halogens is 3. The average Bonchev–Trinajstić information content (AvgIpc) is 2.78. The highest BCUT2D eigenvalue weighted by Crippen LogP contribution is 2.45. The number of methoxy groups -OCH3 is 1. The Labute approximate surface area is 199 Å². The van der Waals surface area contributed by atoms with Gasteiger partial charge < -0.3 is 26.4 Å². The monoisotopic (exact) mass is 491 g/mol. The fourth-order valence-electron chi connectivity index (χ4n) is 6.23. The van der Waals surface area contributed by atoms with Crippen LogP contribution in [0.15, 0.2) is 11.3 Å². The highest BCUT2D eigenvalue weighted by molar-refractivity contribution is 5.70. The van der Waals surface area contributed by atoms with Crippen molar-refractivity contribution in [3.63, 3.8) is 0 Å². The van der Waals surface area contributed by atoms with E-state index in [0.717, 1.165) is 12.0 Å². The molecule has 6 unspecified atom stereocenters. The van der Waals surface area contributed by atoms with E-state index in [9.17, 15) is 28.2 Å². The lowest BCUT2D eigenvalue weighted by Crippen LogP contribution is -2.57. The molecule has 196 valence electrons. The molecule has 6 atom stereocenters. The Balaban J connectivity index is 1.67. The number of hydrogen-bond acceptors (Lipinski definition) is 6. The molecule has 0 heterocycles. The van der Waals surface area contributed by atoms with Gasteiger partial charge in [-0.15, -0.1) is 0 Å². The van der Waals surface area contributed by atoms with Gasteiger partial charge in [-0.25, -0.2) is 0 Å². The van der Waals surface area contributed by atoms with E-state index in [1.165, 1.54) is 7.11 Å². The number of aliphatic hydroxyl groups is 1. The van der Waals surface area contributed by atoms with Crippen LogP contribution < -0.4 is 16.8 Å². The van der Waals surface area contributed by atoms with Crippen LogP contribution in [0.1, 0.15) is 71.1 Å². The quantitative estimate of drug-likeness (QED) is 0.346. The predicted octanol–water partition coefficient (Wildman–Crippen LogP) is 3.26. The van der Waals surface area contributed by atoms with Crippen LogP contribution in [0.2, 0.25) is 0 Å². The molecule has 2 saturated carbocycles. The third kappa shape index (κ3) is 6.06. The Hall–Kier alpha value is -1.36. The van der Waals surface area contributed by atoms with Crippen LogP contribution in [0.4, 0.5) is 13.2 Å². The molecule has 0 spiro atoms. The van der Waals surface area contributed by atoms with E-state index >= 15 is 0 Å². The summed E-state index contributed by atoms with van der Waals surface area (Å²) in [7, 11) is 1.54. The zero-order chi connectivity index (χ0) is 25.3. The summed E-state index contributed by atoms with van der Waals surface area (Å²) in [5.41, 5.74) is 12.5. The third-order valence-corrected chi connectivity index (χ3v) is 8.52. The van der Waals surface area contributed by atoms with E-state index in [1.807, 2.05) is 6.92 Å². The largest absolute Gasteiger partial charge is 0.501 e. The topological polar surface area (TPSA) is 131 Å². The van der Waals surface area contributed by atoms with Gasteiger partial charge in [-0.05, 0) is 69.8 Å². The number of carboxylic acids is 1. The first-order chi connectivity index (χ1) is 15.9. The van der Waals surface area contributed by atoms with Gasteiger partial charge in [0, 0.05) is 24.4 Å². The Morgan fingerprint density at radius 3 is 2.41 bits per heavy atom. The van der Waals surface area contributed by atoms with Crippen molar-refractivity contribution in [1.29, 1.82) is 0 Å². The number of ether oxygens (including phenoxy) is 1. The minimum atomic E-state index is -4.17. The van der Waals surface area contributed by atoms with Gasteiger partial charge in [0.1, 0.15) is 0 Å². The first kappa shape index (κ1) is 27.2. The van der Waals surface area contributed by atoms with Crippen molar-refractivity contribution in [2.24, 2.45) is 35.1 Å². The van der Waals surface area contributed by atoms with Crippen LogP contribution in [0.5, 0.6) is 0 Å². The fraction of sp³-hybridized carbons (Fsp3) is 0.875. The smallest absolute Gasteiger partial charge is 0.391 e. The number of nitrogens with two attached hydrogens (primary N) is 2. The molecule has 0 radical (unpaired) electrons. The number of nitrogens with one attached hydrogen (secondary N) is 1. The minimum Gasteiger partial charge on any atom is -0.501 e. The van der Waals surface area contributed by atoms with Gasteiger partial charge >= 0.3 is 12.1 Å². The number of carboxylic acid groups (broad SMARTS) is 1. The summed E-state index contributed by atoms with van der Waals surface area (Å²) < 4.78 is 45.3. The molecule has 10 heteroatoms. The Kier molecular flexibility index (Phi) is 8.59. The second-order valence-corrected chi connectivity index (χ2v) is 10.6. The molecule has 0 bridgehead atoms. The van der Waals surface area contributed by atoms with Crippen molar-refractivity contribution in [1.82, 2.24) is 5.32 Å². The zero-order valence-corrected chi connectivity index (χ0v) is 20.1. The highest BCUT2D eigenvalue weighted by Gasteiger charge is 2.46. The summed E-state index contributed by atoms with van der Waals surface area (Å²) in [6.07, 6.45) is -0.949. The minimum absolute atomic E-state index is 0.102. The zero-order valence-electron chi connectivity index (χ0n) is 20.1. The summed E-state index contributed by atoms with van der Waals surface area (Å²) in [5.74, 6) is -2.31. The van der Waals surface area contributed by atoms with Gasteiger partial charge in [-0.1, -0.05) is 6.42 Å². The maximum Gasteiger partial charge on any atom is 0.391 e. The molecular formula is C24H40F3N3O4. The van der Waals surface area contributed by atoms with Gasteiger partial charge in [-0.2, -0.15) is 13.2 Å². The molecule has 2 fully saturated rings. The molecule has 0 amide bonds. The van der Waals surface area contributed by atoms with E-state index in [4.69, 9.17) is 16.2 Å². The molecule has 34 heavy (non-hydrogen) atoms. The van der Waals surface area contributed by atoms with Crippen LogP contribution in [0.3, 0.4) is 0 Å². The fourth-order valence-corrected chi connectivity index (χ4v) is 6.23. The number of aliphatic carboxylic acids is 1. The number of carbonyl (C=O) groups is 1. The average molecular weight is 492 g/mol. The predicted molar refractivity (Wildman–Crippen MR) is 121 cm³/mol. The van der Waals surface area contributed by atoms with Gasteiger partial charge in [0.25, 0.3) is 0 Å². The lowest BCUT2D eigenvalue weighted by Gasteiger charge is -2.44. The Bertz CT molecular complexity index is 752. The molecule has 7 nitrogen and oxygen atoms in total. The van der Waals surface area contributed by atoms with E-state index in [-0.39, 0.29) is 36.8 Å². The summed E-state index contributed by atoms with van der Waals surface area (Å²) in [5, 5.41) is 24.1. The van der Waals surface area contributed by atoms with E-state index in [2.05, 4.69) is 5.32 Å². The van der Waals surface area contributed by atoms with Crippen molar-refractivity contribution in [2.75, 3.05) is 7.11 Å². The number of hydrogen-bond donors (Lipinski definition) is 5. The normalized spacial score (nSPS) is 37.2. The number of rotatable bonds is 7. The molecular weight excluding hydrogens is 451 g/mol. The van der Waals surface area contributed by atoms with Crippen LogP contribution in [-0.2, 0) is 9.53 Å². The van der Waals surface area contributed by atoms with Crippen molar-refractivity contribution < 1.29 is 32.9 Å².